The lowest BCUT2D eigenvalue weighted by atomic mass is 9.97. The zero-order valence-corrected chi connectivity index (χ0v) is 13.5. The van der Waals surface area contributed by atoms with Crippen molar-refractivity contribution in [1.82, 2.24) is 9.55 Å². The van der Waals surface area contributed by atoms with Crippen LogP contribution < -0.4 is 0 Å². The summed E-state index contributed by atoms with van der Waals surface area (Å²) in [4.78, 5) is 4.85. The van der Waals surface area contributed by atoms with Crippen LogP contribution in [0.4, 0.5) is 0 Å². The summed E-state index contributed by atoms with van der Waals surface area (Å²) in [6.07, 6.45) is 2.53. The van der Waals surface area contributed by atoms with E-state index in [0.29, 0.717) is 12.0 Å². The lowest BCUT2D eigenvalue weighted by Crippen LogP contribution is -2.17. The predicted octanol–water partition coefficient (Wildman–Crippen LogP) is 5.25. The second-order valence-electron chi connectivity index (χ2n) is 6.38. The Morgan fingerprint density at radius 3 is 2.65 bits per heavy atom. The molecule has 0 bridgehead atoms. The van der Waals surface area contributed by atoms with Gasteiger partial charge in [-0.25, -0.2) is 4.98 Å². The third-order valence-corrected chi connectivity index (χ3v) is 5.25. The molecule has 108 valence electrons. The molecule has 4 atom stereocenters. The number of fused-ring (bicyclic) bond motifs is 1. The Morgan fingerprint density at radius 1 is 1.30 bits per heavy atom. The molecule has 3 rings (SSSR count). The van der Waals surface area contributed by atoms with Crippen LogP contribution in [0.2, 0.25) is 0 Å². The summed E-state index contributed by atoms with van der Waals surface area (Å²) < 4.78 is 2.42. The maximum Gasteiger partial charge on any atom is 0.127 e. The van der Waals surface area contributed by atoms with Crippen LogP contribution in [0.25, 0.3) is 11.0 Å². The molecule has 0 amide bonds. The van der Waals surface area contributed by atoms with Crippen molar-refractivity contribution < 1.29 is 0 Å². The van der Waals surface area contributed by atoms with Gasteiger partial charge in [-0.15, -0.1) is 11.6 Å². The van der Waals surface area contributed by atoms with Gasteiger partial charge in [-0.1, -0.05) is 26.0 Å². The molecular weight excluding hydrogens is 268 g/mol. The molecule has 1 aromatic carbocycles. The van der Waals surface area contributed by atoms with Crippen LogP contribution in [0.15, 0.2) is 18.2 Å². The van der Waals surface area contributed by atoms with E-state index in [1.165, 1.54) is 23.9 Å². The van der Waals surface area contributed by atoms with E-state index in [1.807, 2.05) is 6.92 Å². The van der Waals surface area contributed by atoms with E-state index < -0.39 is 0 Å². The van der Waals surface area contributed by atoms with Gasteiger partial charge < -0.3 is 4.57 Å². The topological polar surface area (TPSA) is 17.8 Å². The van der Waals surface area contributed by atoms with Crippen molar-refractivity contribution in [2.45, 2.75) is 52.0 Å². The highest BCUT2D eigenvalue weighted by molar-refractivity contribution is 6.20. The Hall–Kier alpha value is -1.02. The molecule has 1 saturated carbocycles. The fraction of sp³-hybridized carbons (Fsp3) is 0.588. The van der Waals surface area contributed by atoms with Crippen LogP contribution in [0, 0.1) is 18.8 Å². The first-order valence-corrected chi connectivity index (χ1v) is 8.06. The standard InChI is InChI=1S/C17H23ClN2/c1-10-8-9-14(12(10)3)20-15-7-5-6-11(2)16(15)19-17(20)13(4)18/h5-7,10,12-14H,8-9H2,1-4H3. The van der Waals surface area contributed by atoms with Crippen LogP contribution in [-0.4, -0.2) is 9.55 Å². The van der Waals surface area contributed by atoms with Gasteiger partial charge in [0, 0.05) is 6.04 Å². The van der Waals surface area contributed by atoms with Crippen molar-refractivity contribution in [1.29, 1.82) is 0 Å². The lowest BCUT2D eigenvalue weighted by Gasteiger charge is -2.23. The van der Waals surface area contributed by atoms with Crippen molar-refractivity contribution in [2.24, 2.45) is 11.8 Å². The predicted molar refractivity (Wildman–Crippen MR) is 85.3 cm³/mol. The second-order valence-corrected chi connectivity index (χ2v) is 7.03. The summed E-state index contributed by atoms with van der Waals surface area (Å²) in [7, 11) is 0. The average molecular weight is 291 g/mol. The number of aromatic nitrogens is 2. The number of imidazole rings is 1. The molecule has 1 aromatic heterocycles. The zero-order chi connectivity index (χ0) is 14.4. The molecule has 1 aliphatic carbocycles. The van der Waals surface area contributed by atoms with E-state index in [0.717, 1.165) is 17.3 Å². The number of halogens is 1. The Balaban J connectivity index is 2.22. The van der Waals surface area contributed by atoms with Crippen molar-refractivity contribution >= 4 is 22.6 Å². The molecule has 1 heterocycles. The molecule has 0 saturated heterocycles. The van der Waals surface area contributed by atoms with E-state index in [4.69, 9.17) is 16.6 Å². The summed E-state index contributed by atoms with van der Waals surface area (Å²) >= 11 is 6.41. The van der Waals surface area contributed by atoms with E-state index in [1.54, 1.807) is 0 Å². The van der Waals surface area contributed by atoms with Crippen LogP contribution >= 0.6 is 11.6 Å². The van der Waals surface area contributed by atoms with Crippen LogP contribution in [0.1, 0.15) is 56.4 Å². The quantitative estimate of drug-likeness (QED) is 0.691. The normalized spacial score (nSPS) is 28.1. The molecule has 2 nitrogen and oxygen atoms in total. The van der Waals surface area contributed by atoms with Crippen LogP contribution in [0.3, 0.4) is 0 Å². The third-order valence-electron chi connectivity index (χ3n) is 5.06. The third kappa shape index (κ3) is 2.05. The molecule has 4 unspecified atom stereocenters. The first kappa shape index (κ1) is 13.9. The first-order chi connectivity index (χ1) is 9.50. The van der Waals surface area contributed by atoms with Gasteiger partial charge in [0.15, 0.2) is 0 Å². The Bertz CT molecular complexity index is 629. The summed E-state index contributed by atoms with van der Waals surface area (Å²) in [6, 6.07) is 6.98. The van der Waals surface area contributed by atoms with Crippen molar-refractivity contribution in [2.75, 3.05) is 0 Å². The molecule has 0 N–H and O–H groups in total. The number of para-hydroxylation sites is 1. The number of aryl methyl sites for hydroxylation is 1. The molecule has 0 radical (unpaired) electrons. The van der Waals surface area contributed by atoms with Gasteiger partial charge in [0.05, 0.1) is 16.4 Å². The van der Waals surface area contributed by atoms with Gasteiger partial charge in [-0.05, 0) is 50.2 Å². The van der Waals surface area contributed by atoms with E-state index >= 15 is 0 Å². The minimum absolute atomic E-state index is 0.0510. The summed E-state index contributed by atoms with van der Waals surface area (Å²) in [6.45, 7) is 8.88. The maximum atomic E-state index is 6.41. The smallest absolute Gasteiger partial charge is 0.127 e. The van der Waals surface area contributed by atoms with Gasteiger partial charge in [0.1, 0.15) is 5.82 Å². The van der Waals surface area contributed by atoms with Gasteiger partial charge in [-0.2, -0.15) is 0 Å². The van der Waals surface area contributed by atoms with Crippen molar-refractivity contribution in [3.05, 3.63) is 29.6 Å². The summed E-state index contributed by atoms with van der Waals surface area (Å²) in [5.41, 5.74) is 3.60. The van der Waals surface area contributed by atoms with Crippen molar-refractivity contribution in [3.63, 3.8) is 0 Å². The molecule has 3 heteroatoms. The van der Waals surface area contributed by atoms with E-state index in [9.17, 15) is 0 Å². The van der Waals surface area contributed by atoms with Crippen LogP contribution in [-0.2, 0) is 0 Å². The van der Waals surface area contributed by atoms with Crippen molar-refractivity contribution in [3.8, 4) is 0 Å². The highest BCUT2D eigenvalue weighted by atomic mass is 35.5. The van der Waals surface area contributed by atoms with Gasteiger partial charge in [0.2, 0.25) is 0 Å². The SMILES string of the molecule is Cc1cccc2c1nc(C(C)Cl)n2C1CCC(C)C1C. The first-order valence-electron chi connectivity index (χ1n) is 7.62. The minimum atomic E-state index is -0.0510. The molecule has 0 aliphatic heterocycles. The van der Waals surface area contributed by atoms with Gasteiger partial charge >= 0.3 is 0 Å². The minimum Gasteiger partial charge on any atom is -0.323 e. The Kier molecular flexibility index (Phi) is 3.53. The van der Waals surface area contributed by atoms with E-state index in [-0.39, 0.29) is 5.38 Å². The lowest BCUT2D eigenvalue weighted by molar-refractivity contribution is 0.352. The highest BCUT2D eigenvalue weighted by Crippen LogP contribution is 2.43. The average Bonchev–Trinajstić information content (AvgIpc) is 2.93. The van der Waals surface area contributed by atoms with E-state index in [2.05, 4.69) is 43.5 Å². The number of hydrogen-bond acceptors (Lipinski definition) is 1. The van der Waals surface area contributed by atoms with Gasteiger partial charge in [0.25, 0.3) is 0 Å². The maximum absolute atomic E-state index is 6.41. The number of nitrogens with zero attached hydrogens (tertiary/aromatic N) is 2. The number of rotatable bonds is 2. The molecule has 1 aliphatic rings. The molecular formula is C17H23ClN2. The fourth-order valence-electron chi connectivity index (χ4n) is 3.61. The highest BCUT2D eigenvalue weighted by Gasteiger charge is 2.34. The second kappa shape index (κ2) is 5.07. The largest absolute Gasteiger partial charge is 0.323 e. The summed E-state index contributed by atoms with van der Waals surface area (Å²) in [5, 5.41) is -0.0510. The van der Waals surface area contributed by atoms with Gasteiger partial charge in [-0.3, -0.25) is 0 Å². The molecule has 2 aromatic rings. The molecule has 1 fully saturated rings. The monoisotopic (exact) mass is 290 g/mol. The molecule has 20 heavy (non-hydrogen) atoms. The van der Waals surface area contributed by atoms with Crippen LogP contribution in [0.5, 0.6) is 0 Å². The number of alkyl halides is 1. The number of hydrogen-bond donors (Lipinski definition) is 0. The fourth-order valence-corrected chi connectivity index (χ4v) is 3.76. The zero-order valence-electron chi connectivity index (χ0n) is 12.7. The summed E-state index contributed by atoms with van der Waals surface area (Å²) in [5.74, 6) is 2.49. The Morgan fingerprint density at radius 2 is 2.05 bits per heavy atom. The molecule has 0 spiro atoms. The number of benzene rings is 1. The Labute approximate surface area is 126 Å².